The summed E-state index contributed by atoms with van der Waals surface area (Å²) in [5.74, 6) is -0.764. The Morgan fingerprint density at radius 3 is 2.17 bits per heavy atom. The van der Waals surface area contributed by atoms with E-state index >= 15 is 0 Å². The molecule has 1 aliphatic heterocycles. The molecule has 42 heavy (non-hydrogen) atoms. The molecule has 0 unspecified atom stereocenters. The summed E-state index contributed by atoms with van der Waals surface area (Å²) in [7, 11) is -3.15. The lowest BCUT2D eigenvalue weighted by molar-refractivity contribution is -0.134. The van der Waals surface area contributed by atoms with E-state index in [1.54, 1.807) is 32.2 Å². The Balaban J connectivity index is 1.61. The van der Waals surface area contributed by atoms with Crippen LogP contribution in [-0.4, -0.2) is 94.6 Å². The molecule has 0 saturated carbocycles. The van der Waals surface area contributed by atoms with Crippen molar-refractivity contribution >= 4 is 25.5 Å². The van der Waals surface area contributed by atoms with E-state index in [1.807, 2.05) is 48.5 Å². The molecule has 0 aliphatic carbocycles. The molecule has 4 rings (SSSR count). The number of methoxy groups -OCH3 is 1. The Hall–Kier alpha value is -4.25. The van der Waals surface area contributed by atoms with Gasteiger partial charge in [0.25, 0.3) is 5.91 Å². The SMILES string of the molecule is CCOC(=O)N1CCN(C(=O)[C@H](CP(=O)(O)O)NC(=O)c2cc(-c3ccc(OC)cc3)cc(-c3ccccc3)n2)CC1. The van der Waals surface area contributed by atoms with Gasteiger partial charge < -0.3 is 34.4 Å². The number of nitrogens with one attached hydrogen (secondary N) is 1. The minimum absolute atomic E-state index is 0.0298. The molecule has 3 aromatic rings. The van der Waals surface area contributed by atoms with Crippen LogP contribution < -0.4 is 10.1 Å². The predicted octanol–water partition coefficient (Wildman–Crippen LogP) is 3.00. The maximum Gasteiger partial charge on any atom is 0.409 e. The van der Waals surface area contributed by atoms with Crippen molar-refractivity contribution in [3.8, 4) is 28.1 Å². The van der Waals surface area contributed by atoms with E-state index in [4.69, 9.17) is 9.47 Å². The summed E-state index contributed by atoms with van der Waals surface area (Å²) >= 11 is 0. The third-order valence-corrected chi connectivity index (χ3v) is 7.53. The summed E-state index contributed by atoms with van der Waals surface area (Å²) in [6, 6.07) is 18.3. The molecule has 2 aromatic carbocycles. The van der Waals surface area contributed by atoms with Gasteiger partial charge in [0.2, 0.25) is 5.91 Å². The lowest BCUT2D eigenvalue weighted by Gasteiger charge is -2.36. The summed E-state index contributed by atoms with van der Waals surface area (Å²) in [5.41, 5.74) is 2.68. The van der Waals surface area contributed by atoms with Gasteiger partial charge in [0.05, 0.1) is 25.6 Å². The zero-order chi connectivity index (χ0) is 30.3. The van der Waals surface area contributed by atoms with Gasteiger partial charge in [-0.3, -0.25) is 14.2 Å². The summed E-state index contributed by atoms with van der Waals surface area (Å²) < 4.78 is 22.2. The van der Waals surface area contributed by atoms with Gasteiger partial charge in [-0.05, 0) is 42.3 Å². The van der Waals surface area contributed by atoms with Crippen LogP contribution in [-0.2, 0) is 14.1 Å². The lowest BCUT2D eigenvalue weighted by Crippen LogP contribution is -2.56. The number of pyridine rings is 1. The number of nitrogens with zero attached hydrogens (tertiary/aromatic N) is 3. The molecule has 1 atom stereocenters. The largest absolute Gasteiger partial charge is 0.497 e. The fourth-order valence-electron chi connectivity index (χ4n) is 4.55. The minimum Gasteiger partial charge on any atom is -0.497 e. The number of carbonyl (C=O) groups excluding carboxylic acids is 3. The molecule has 0 spiro atoms. The van der Waals surface area contributed by atoms with E-state index in [0.717, 1.165) is 11.1 Å². The average Bonchev–Trinajstić information content (AvgIpc) is 3.00. The van der Waals surface area contributed by atoms with Crippen LogP contribution in [0.3, 0.4) is 0 Å². The molecular weight excluding hydrogens is 563 g/mol. The van der Waals surface area contributed by atoms with Crippen LogP contribution in [0.5, 0.6) is 5.75 Å². The summed E-state index contributed by atoms with van der Waals surface area (Å²) in [6.07, 6.45) is -1.39. The molecule has 1 aromatic heterocycles. The number of benzene rings is 2. The lowest BCUT2D eigenvalue weighted by atomic mass is 10.0. The molecular formula is C29H33N4O8P. The zero-order valence-corrected chi connectivity index (χ0v) is 24.2. The van der Waals surface area contributed by atoms with Gasteiger partial charge in [0.15, 0.2) is 0 Å². The van der Waals surface area contributed by atoms with Crippen molar-refractivity contribution < 1.29 is 38.2 Å². The molecule has 12 nitrogen and oxygen atoms in total. The van der Waals surface area contributed by atoms with Crippen molar-refractivity contribution in [3.05, 3.63) is 72.4 Å². The van der Waals surface area contributed by atoms with Crippen molar-refractivity contribution in [3.63, 3.8) is 0 Å². The van der Waals surface area contributed by atoms with Crippen LogP contribution in [0, 0.1) is 0 Å². The fourth-order valence-corrected chi connectivity index (χ4v) is 5.28. The highest BCUT2D eigenvalue weighted by atomic mass is 31.2. The van der Waals surface area contributed by atoms with Crippen LogP contribution >= 0.6 is 7.60 Å². The third kappa shape index (κ3) is 7.94. The summed E-state index contributed by atoms with van der Waals surface area (Å²) in [4.78, 5) is 65.7. The molecule has 0 radical (unpaired) electrons. The van der Waals surface area contributed by atoms with Crippen molar-refractivity contribution in [2.24, 2.45) is 0 Å². The average molecular weight is 597 g/mol. The second-order valence-electron chi connectivity index (χ2n) is 9.61. The molecule has 3 N–H and O–H groups in total. The maximum atomic E-state index is 13.5. The van der Waals surface area contributed by atoms with Crippen LogP contribution in [0.1, 0.15) is 17.4 Å². The van der Waals surface area contributed by atoms with Gasteiger partial charge in [0, 0.05) is 31.7 Å². The number of aromatic nitrogens is 1. The van der Waals surface area contributed by atoms with Gasteiger partial charge in [-0.1, -0.05) is 42.5 Å². The molecule has 0 bridgehead atoms. The quantitative estimate of drug-likeness (QED) is 0.316. The highest BCUT2D eigenvalue weighted by Crippen LogP contribution is 2.35. The summed E-state index contributed by atoms with van der Waals surface area (Å²) in [5, 5.41) is 2.51. The molecule has 2 heterocycles. The van der Waals surface area contributed by atoms with Crippen molar-refractivity contribution in [1.29, 1.82) is 0 Å². The monoisotopic (exact) mass is 596 g/mol. The highest BCUT2D eigenvalue weighted by Gasteiger charge is 2.35. The number of ether oxygens (including phenoxy) is 2. The van der Waals surface area contributed by atoms with Crippen LogP contribution in [0.25, 0.3) is 22.4 Å². The highest BCUT2D eigenvalue weighted by molar-refractivity contribution is 7.51. The fraction of sp³-hybridized carbons (Fsp3) is 0.310. The first-order chi connectivity index (χ1) is 20.1. The van der Waals surface area contributed by atoms with Crippen molar-refractivity contribution in [2.45, 2.75) is 13.0 Å². The number of hydrogen-bond donors (Lipinski definition) is 3. The Labute approximate surface area is 243 Å². The van der Waals surface area contributed by atoms with Crippen LogP contribution in [0.2, 0.25) is 0 Å². The molecule has 1 aliphatic rings. The van der Waals surface area contributed by atoms with E-state index < -0.39 is 37.7 Å². The minimum atomic E-state index is -4.71. The Kier molecular flexibility index (Phi) is 9.95. The third-order valence-electron chi connectivity index (χ3n) is 6.69. The maximum absolute atomic E-state index is 13.5. The van der Waals surface area contributed by atoms with Gasteiger partial charge in [-0.2, -0.15) is 0 Å². The Morgan fingerprint density at radius 2 is 1.57 bits per heavy atom. The molecule has 1 fully saturated rings. The predicted molar refractivity (Wildman–Crippen MR) is 155 cm³/mol. The molecule has 3 amide bonds. The van der Waals surface area contributed by atoms with E-state index in [-0.39, 0.29) is 38.5 Å². The second-order valence-corrected chi connectivity index (χ2v) is 11.3. The van der Waals surface area contributed by atoms with E-state index in [1.165, 1.54) is 9.80 Å². The standard InChI is InChI=1S/C29H33N4O8P/c1-3-41-29(36)33-15-13-32(14-16-33)28(35)26(19-42(37,38)39)31-27(34)25-18-22(20-9-11-23(40-2)12-10-20)17-24(30-25)21-7-5-4-6-8-21/h4-12,17-18,26H,3,13-16,19H2,1-2H3,(H,31,34)(H2,37,38,39)/t26-/m0/s1. The number of amides is 3. The van der Waals surface area contributed by atoms with Crippen molar-refractivity contribution in [2.75, 3.05) is 46.1 Å². The van der Waals surface area contributed by atoms with Gasteiger partial charge in [-0.25, -0.2) is 9.78 Å². The normalized spacial score (nSPS) is 14.2. The number of carbonyl (C=O) groups is 3. The number of hydrogen-bond acceptors (Lipinski definition) is 7. The Morgan fingerprint density at radius 1 is 0.929 bits per heavy atom. The van der Waals surface area contributed by atoms with Gasteiger partial charge in [-0.15, -0.1) is 0 Å². The van der Waals surface area contributed by atoms with Gasteiger partial charge >= 0.3 is 13.7 Å². The van der Waals surface area contributed by atoms with E-state index in [0.29, 0.717) is 17.0 Å². The first-order valence-electron chi connectivity index (χ1n) is 13.4. The first kappa shape index (κ1) is 30.7. The van der Waals surface area contributed by atoms with E-state index in [2.05, 4.69) is 10.3 Å². The molecule has 222 valence electrons. The van der Waals surface area contributed by atoms with Crippen LogP contribution in [0.15, 0.2) is 66.7 Å². The Bertz CT molecular complexity index is 1450. The molecule has 1 saturated heterocycles. The number of piperazine rings is 1. The second kappa shape index (κ2) is 13.6. The number of rotatable bonds is 9. The topological polar surface area (TPSA) is 159 Å². The van der Waals surface area contributed by atoms with Crippen LogP contribution in [0.4, 0.5) is 4.79 Å². The van der Waals surface area contributed by atoms with Gasteiger partial charge in [0.1, 0.15) is 17.5 Å². The zero-order valence-electron chi connectivity index (χ0n) is 23.3. The smallest absolute Gasteiger partial charge is 0.409 e. The first-order valence-corrected chi connectivity index (χ1v) is 15.2. The molecule has 13 heteroatoms. The summed E-state index contributed by atoms with van der Waals surface area (Å²) in [6.45, 7) is 2.52. The van der Waals surface area contributed by atoms with Crippen molar-refractivity contribution in [1.82, 2.24) is 20.1 Å². The van der Waals surface area contributed by atoms with E-state index in [9.17, 15) is 28.7 Å².